The molecule has 0 fully saturated rings. The minimum Gasteiger partial charge on any atom is -0.355 e. The summed E-state index contributed by atoms with van der Waals surface area (Å²) in [5.74, 6) is 2.24. The van der Waals surface area contributed by atoms with Gasteiger partial charge in [0.05, 0.1) is 34.7 Å². The van der Waals surface area contributed by atoms with Crippen molar-refractivity contribution in [1.82, 2.24) is 20.1 Å². The van der Waals surface area contributed by atoms with Gasteiger partial charge in [-0.15, -0.1) is 6.42 Å². The lowest BCUT2D eigenvalue weighted by Crippen LogP contribution is -2.24. The van der Waals surface area contributed by atoms with E-state index in [4.69, 9.17) is 11.5 Å². The normalized spacial score (nSPS) is 12.0. The van der Waals surface area contributed by atoms with Crippen LogP contribution in [0.5, 0.6) is 0 Å². The molecular weight excluding hydrogens is 482 g/mol. The Bertz CT molecular complexity index is 1500. The molecule has 0 saturated carbocycles. The molecule has 0 spiro atoms. The van der Waals surface area contributed by atoms with Gasteiger partial charge in [0, 0.05) is 22.8 Å². The number of nitrogens with zero attached hydrogens (tertiary/aromatic N) is 3. The third-order valence-electron chi connectivity index (χ3n) is 6.71. The molecule has 1 atom stereocenters. The van der Waals surface area contributed by atoms with Gasteiger partial charge in [-0.2, -0.15) is 5.10 Å². The van der Waals surface area contributed by atoms with Crippen molar-refractivity contribution in [1.29, 1.82) is 0 Å². The third-order valence-corrected chi connectivity index (χ3v) is 6.71. The molecular formula is C33H37N5O. The third kappa shape index (κ3) is 6.94. The molecule has 4 rings (SSSR count). The first kappa shape index (κ1) is 27.7. The van der Waals surface area contributed by atoms with E-state index in [1.807, 2.05) is 37.3 Å². The monoisotopic (exact) mass is 519 g/mol. The van der Waals surface area contributed by atoms with Crippen LogP contribution in [0.1, 0.15) is 78.6 Å². The van der Waals surface area contributed by atoms with Crippen LogP contribution >= 0.6 is 0 Å². The second-order valence-electron chi connectivity index (χ2n) is 10.0. The Labute approximate surface area is 231 Å². The standard InChI is InChI=1S/C33H37N5O/c1-6-8-9-12-25(5)38-32-22-27(36-30-14-11-10-13-29(30)33(39)34-19-7-2)15-17-28(32)31(37-38)18-16-26-21-23(3)20-24(4)35-26/h2,10-11,13-18,20-22,25,36H,6,8-9,12,19H2,1,3-5H3,(H,34,39)/b18-16+. The molecule has 6 heteroatoms. The lowest BCUT2D eigenvalue weighted by Gasteiger charge is -2.15. The predicted molar refractivity (Wildman–Crippen MR) is 162 cm³/mol. The van der Waals surface area contributed by atoms with Gasteiger partial charge in [-0.1, -0.05) is 44.2 Å². The number of aryl methyl sites for hydroxylation is 2. The SMILES string of the molecule is C#CCNC(=O)c1ccccc1Nc1ccc2c(/C=C/c3cc(C)cc(C)n3)nn(C(C)CCCCC)c2c1. The van der Waals surface area contributed by atoms with Crippen molar-refractivity contribution in [2.45, 2.75) is 59.4 Å². The van der Waals surface area contributed by atoms with Crippen molar-refractivity contribution < 1.29 is 4.79 Å². The number of aromatic nitrogens is 3. The Morgan fingerprint density at radius 3 is 2.69 bits per heavy atom. The van der Waals surface area contributed by atoms with Crippen molar-refractivity contribution in [2.75, 3.05) is 11.9 Å². The van der Waals surface area contributed by atoms with Gasteiger partial charge in [-0.05, 0) is 87.4 Å². The summed E-state index contributed by atoms with van der Waals surface area (Å²) in [7, 11) is 0. The van der Waals surface area contributed by atoms with Gasteiger partial charge >= 0.3 is 0 Å². The Balaban J connectivity index is 1.70. The zero-order valence-corrected chi connectivity index (χ0v) is 23.3. The van der Waals surface area contributed by atoms with Crippen LogP contribution in [0.3, 0.4) is 0 Å². The first-order valence-corrected chi connectivity index (χ1v) is 13.6. The molecule has 4 aromatic rings. The second-order valence-corrected chi connectivity index (χ2v) is 10.0. The van der Waals surface area contributed by atoms with E-state index >= 15 is 0 Å². The Morgan fingerprint density at radius 1 is 1.10 bits per heavy atom. The number of rotatable bonds is 11. The fourth-order valence-corrected chi connectivity index (χ4v) is 4.80. The molecule has 1 unspecified atom stereocenters. The first-order chi connectivity index (χ1) is 18.9. The molecule has 39 heavy (non-hydrogen) atoms. The molecule has 0 saturated heterocycles. The summed E-state index contributed by atoms with van der Waals surface area (Å²) in [5.41, 5.74) is 7.20. The Kier molecular flexibility index (Phi) is 9.17. The maximum atomic E-state index is 12.7. The quantitative estimate of drug-likeness (QED) is 0.159. The molecule has 0 aliphatic heterocycles. The van der Waals surface area contributed by atoms with Crippen LogP contribution in [0, 0.1) is 26.2 Å². The maximum Gasteiger partial charge on any atom is 0.254 e. The van der Waals surface area contributed by atoms with Crippen molar-refractivity contribution >= 4 is 40.3 Å². The highest BCUT2D eigenvalue weighted by Crippen LogP contribution is 2.30. The number of terminal acetylenes is 1. The van der Waals surface area contributed by atoms with Crippen molar-refractivity contribution in [2.24, 2.45) is 0 Å². The summed E-state index contributed by atoms with van der Waals surface area (Å²) in [6.45, 7) is 8.73. The fraction of sp³-hybridized carbons (Fsp3) is 0.303. The number of amides is 1. The summed E-state index contributed by atoms with van der Waals surface area (Å²) in [4.78, 5) is 17.3. The van der Waals surface area contributed by atoms with Crippen molar-refractivity contribution in [3.05, 3.63) is 82.8 Å². The highest BCUT2D eigenvalue weighted by atomic mass is 16.1. The van der Waals surface area contributed by atoms with Gasteiger partial charge in [-0.25, -0.2) is 0 Å². The molecule has 0 aliphatic rings. The molecule has 2 heterocycles. The second kappa shape index (κ2) is 12.9. The molecule has 2 aromatic heterocycles. The average molecular weight is 520 g/mol. The van der Waals surface area contributed by atoms with E-state index in [1.54, 1.807) is 6.07 Å². The van der Waals surface area contributed by atoms with E-state index < -0.39 is 0 Å². The summed E-state index contributed by atoms with van der Waals surface area (Å²) in [6.07, 6.45) is 14.0. The van der Waals surface area contributed by atoms with E-state index in [-0.39, 0.29) is 18.5 Å². The number of carbonyl (C=O) groups is 1. The topological polar surface area (TPSA) is 71.8 Å². The lowest BCUT2D eigenvalue weighted by atomic mass is 10.1. The summed E-state index contributed by atoms with van der Waals surface area (Å²) < 4.78 is 2.14. The number of para-hydroxylation sites is 1. The number of carbonyl (C=O) groups excluding carboxylic acids is 1. The van der Waals surface area contributed by atoms with E-state index in [1.165, 1.54) is 18.4 Å². The number of pyridine rings is 1. The molecule has 2 aromatic carbocycles. The molecule has 0 aliphatic carbocycles. The Morgan fingerprint density at radius 2 is 1.92 bits per heavy atom. The fourth-order valence-electron chi connectivity index (χ4n) is 4.80. The van der Waals surface area contributed by atoms with Crippen LogP contribution in [0.25, 0.3) is 23.1 Å². The summed E-state index contributed by atoms with van der Waals surface area (Å²) >= 11 is 0. The van der Waals surface area contributed by atoms with E-state index in [0.717, 1.165) is 52.2 Å². The number of hydrogen-bond donors (Lipinski definition) is 2. The molecule has 6 nitrogen and oxygen atoms in total. The van der Waals surface area contributed by atoms with Crippen LogP contribution in [-0.4, -0.2) is 27.2 Å². The summed E-state index contributed by atoms with van der Waals surface area (Å²) in [5, 5.41) is 12.3. The minimum absolute atomic E-state index is 0.183. The largest absolute Gasteiger partial charge is 0.355 e. The lowest BCUT2D eigenvalue weighted by molar-refractivity contribution is 0.0959. The zero-order valence-electron chi connectivity index (χ0n) is 23.3. The molecule has 0 bridgehead atoms. The smallest absolute Gasteiger partial charge is 0.254 e. The number of unbranched alkanes of at least 4 members (excludes halogenated alkanes) is 2. The van der Waals surface area contributed by atoms with Crippen molar-refractivity contribution in [3.8, 4) is 12.3 Å². The minimum atomic E-state index is -0.209. The van der Waals surface area contributed by atoms with Gasteiger partial charge in [0.1, 0.15) is 0 Å². The number of fused-ring (bicyclic) bond motifs is 1. The predicted octanol–water partition coefficient (Wildman–Crippen LogP) is 7.47. The summed E-state index contributed by atoms with van der Waals surface area (Å²) in [6, 6.07) is 18.1. The Hall–Kier alpha value is -4.37. The molecule has 0 radical (unpaired) electrons. The number of nitrogens with one attached hydrogen (secondary N) is 2. The van der Waals surface area contributed by atoms with Crippen LogP contribution in [0.15, 0.2) is 54.6 Å². The zero-order chi connectivity index (χ0) is 27.8. The first-order valence-electron chi connectivity index (χ1n) is 13.6. The number of anilines is 2. The number of benzene rings is 2. The molecule has 200 valence electrons. The maximum absolute atomic E-state index is 12.7. The van der Waals surface area contributed by atoms with Crippen molar-refractivity contribution in [3.63, 3.8) is 0 Å². The van der Waals surface area contributed by atoms with Gasteiger partial charge < -0.3 is 10.6 Å². The molecule has 1 amide bonds. The van der Waals surface area contributed by atoms with Gasteiger partial charge in [0.2, 0.25) is 0 Å². The van der Waals surface area contributed by atoms with Crippen LogP contribution in [0.4, 0.5) is 11.4 Å². The van der Waals surface area contributed by atoms with E-state index in [9.17, 15) is 4.79 Å². The highest BCUT2D eigenvalue weighted by Gasteiger charge is 2.16. The van der Waals surface area contributed by atoms with Gasteiger partial charge in [0.25, 0.3) is 5.91 Å². The van der Waals surface area contributed by atoms with Gasteiger partial charge in [0.15, 0.2) is 0 Å². The van der Waals surface area contributed by atoms with E-state index in [0.29, 0.717) is 5.56 Å². The molecule has 2 N–H and O–H groups in total. The number of hydrogen-bond acceptors (Lipinski definition) is 4. The van der Waals surface area contributed by atoms with Crippen LogP contribution in [-0.2, 0) is 0 Å². The van der Waals surface area contributed by atoms with Crippen LogP contribution in [0.2, 0.25) is 0 Å². The van der Waals surface area contributed by atoms with Crippen LogP contribution < -0.4 is 10.6 Å². The van der Waals surface area contributed by atoms with Gasteiger partial charge in [-0.3, -0.25) is 14.5 Å². The highest BCUT2D eigenvalue weighted by molar-refractivity contribution is 6.01. The average Bonchev–Trinajstić information content (AvgIpc) is 3.28. The van der Waals surface area contributed by atoms with E-state index in [2.05, 4.69) is 77.3 Å².